The van der Waals surface area contributed by atoms with Gasteiger partial charge in [-0.2, -0.15) is 0 Å². The Morgan fingerprint density at radius 3 is 2.28 bits per heavy atom. The molecule has 2 aromatic rings. The third-order valence-corrected chi connectivity index (χ3v) is 6.01. The van der Waals surface area contributed by atoms with Crippen LogP contribution in [0.25, 0.3) is 0 Å². The number of nitrogens with zero attached hydrogens (tertiary/aromatic N) is 2. The minimum Gasteiger partial charge on any atom is -0.355 e. The molecule has 0 aliphatic heterocycles. The molecule has 0 aliphatic carbocycles. The van der Waals surface area contributed by atoms with Crippen LogP contribution in [-0.4, -0.2) is 57.1 Å². The lowest BCUT2D eigenvalue weighted by atomic mass is 10.1. The molecule has 0 spiro atoms. The molecule has 7 nitrogen and oxygen atoms in total. The Hall–Kier alpha value is -3.01. The fourth-order valence-corrected chi connectivity index (χ4v) is 3.99. The standard InChI is InChI=1S/C22H27F2N3O4S/c1-4-25-22(29)16(2)26(13-12-17-8-6-5-7-9-17)21(28)15-27(32(3,30)31)18-10-11-19(23)20(24)14-18/h5-11,14,16H,4,12-13,15H2,1-3H3,(H,25,29)/t16-/m1/s1. The lowest BCUT2D eigenvalue weighted by Crippen LogP contribution is -2.52. The quantitative estimate of drug-likeness (QED) is 0.581. The van der Waals surface area contributed by atoms with Gasteiger partial charge in [0.05, 0.1) is 11.9 Å². The highest BCUT2D eigenvalue weighted by molar-refractivity contribution is 7.92. The Morgan fingerprint density at radius 2 is 1.72 bits per heavy atom. The van der Waals surface area contributed by atoms with Crippen LogP contribution in [0.1, 0.15) is 19.4 Å². The van der Waals surface area contributed by atoms with Gasteiger partial charge in [-0.25, -0.2) is 17.2 Å². The van der Waals surface area contributed by atoms with Crippen LogP contribution in [0.15, 0.2) is 48.5 Å². The van der Waals surface area contributed by atoms with E-state index in [2.05, 4.69) is 5.32 Å². The molecule has 0 aliphatic rings. The molecule has 1 N–H and O–H groups in total. The second-order valence-electron chi connectivity index (χ2n) is 7.26. The first kappa shape index (κ1) is 25.3. The van der Waals surface area contributed by atoms with Crippen LogP contribution >= 0.6 is 0 Å². The van der Waals surface area contributed by atoms with Crippen molar-refractivity contribution in [2.24, 2.45) is 0 Å². The van der Waals surface area contributed by atoms with Gasteiger partial charge in [0, 0.05) is 19.2 Å². The highest BCUT2D eigenvalue weighted by atomic mass is 32.2. The first-order valence-electron chi connectivity index (χ1n) is 10.1. The van der Waals surface area contributed by atoms with Gasteiger partial charge in [-0.1, -0.05) is 30.3 Å². The smallest absolute Gasteiger partial charge is 0.244 e. The number of likely N-dealkylation sites (N-methyl/N-ethyl adjacent to an activating group) is 1. The average Bonchev–Trinajstić information content (AvgIpc) is 2.74. The number of rotatable bonds is 10. The summed E-state index contributed by atoms with van der Waals surface area (Å²) in [5.74, 6) is -3.40. The molecule has 1 atom stereocenters. The first-order valence-corrected chi connectivity index (χ1v) is 11.9. The number of anilines is 1. The third-order valence-electron chi connectivity index (χ3n) is 4.87. The lowest BCUT2D eigenvalue weighted by molar-refractivity contribution is -0.138. The van der Waals surface area contributed by atoms with Gasteiger partial charge in [-0.05, 0) is 38.0 Å². The van der Waals surface area contributed by atoms with Gasteiger partial charge >= 0.3 is 0 Å². The maximum absolute atomic E-state index is 13.7. The zero-order chi connectivity index (χ0) is 23.9. The normalized spacial score (nSPS) is 12.2. The summed E-state index contributed by atoms with van der Waals surface area (Å²) in [5.41, 5.74) is 0.752. The Kier molecular flexibility index (Phi) is 8.71. The van der Waals surface area contributed by atoms with Crippen LogP contribution in [0.4, 0.5) is 14.5 Å². The van der Waals surface area contributed by atoms with E-state index in [-0.39, 0.29) is 18.1 Å². The number of hydrogen-bond donors (Lipinski definition) is 1. The summed E-state index contributed by atoms with van der Waals surface area (Å²) in [6.07, 6.45) is 1.31. The fourth-order valence-electron chi connectivity index (χ4n) is 3.15. The van der Waals surface area contributed by atoms with E-state index in [9.17, 15) is 26.8 Å². The summed E-state index contributed by atoms with van der Waals surface area (Å²) in [7, 11) is -4.00. The SMILES string of the molecule is CCNC(=O)[C@@H](C)N(CCc1ccccc1)C(=O)CN(c1ccc(F)c(F)c1)S(C)(=O)=O. The second kappa shape index (κ2) is 11.0. The molecule has 0 radical (unpaired) electrons. The van der Waals surface area contributed by atoms with E-state index in [1.165, 1.54) is 4.90 Å². The Labute approximate surface area is 187 Å². The molecule has 0 bridgehead atoms. The summed E-state index contributed by atoms with van der Waals surface area (Å²) in [4.78, 5) is 26.9. The predicted octanol–water partition coefficient (Wildman–Crippen LogP) is 2.33. The van der Waals surface area contributed by atoms with Crippen molar-refractivity contribution >= 4 is 27.5 Å². The fraction of sp³-hybridized carbons (Fsp3) is 0.364. The van der Waals surface area contributed by atoms with Crippen molar-refractivity contribution in [1.29, 1.82) is 0 Å². The zero-order valence-corrected chi connectivity index (χ0v) is 19.0. The molecule has 0 aromatic heterocycles. The molecule has 174 valence electrons. The molecular weight excluding hydrogens is 440 g/mol. The van der Waals surface area contributed by atoms with Gasteiger partial charge in [0.2, 0.25) is 21.8 Å². The summed E-state index contributed by atoms with van der Waals surface area (Å²) in [6.45, 7) is 3.17. The molecule has 32 heavy (non-hydrogen) atoms. The van der Waals surface area contributed by atoms with Gasteiger partial charge in [-0.15, -0.1) is 0 Å². The van der Waals surface area contributed by atoms with Gasteiger partial charge in [0.1, 0.15) is 12.6 Å². The molecule has 2 aromatic carbocycles. The Morgan fingerprint density at radius 1 is 1.06 bits per heavy atom. The minimum absolute atomic E-state index is 0.163. The van der Waals surface area contributed by atoms with Crippen molar-refractivity contribution in [2.45, 2.75) is 26.3 Å². The number of hydrogen-bond acceptors (Lipinski definition) is 4. The van der Waals surface area contributed by atoms with E-state index in [4.69, 9.17) is 0 Å². The number of sulfonamides is 1. The largest absolute Gasteiger partial charge is 0.355 e. The maximum Gasteiger partial charge on any atom is 0.244 e. The van der Waals surface area contributed by atoms with E-state index >= 15 is 0 Å². The van der Waals surface area contributed by atoms with Gasteiger partial charge < -0.3 is 10.2 Å². The number of carbonyl (C=O) groups is 2. The molecule has 2 amide bonds. The number of halogens is 2. The lowest BCUT2D eigenvalue weighted by Gasteiger charge is -2.31. The van der Waals surface area contributed by atoms with Crippen molar-refractivity contribution in [1.82, 2.24) is 10.2 Å². The molecular formula is C22H27F2N3O4S. The number of carbonyl (C=O) groups excluding carboxylic acids is 2. The van der Waals surface area contributed by atoms with Gasteiger partial charge in [0.15, 0.2) is 11.6 Å². The third kappa shape index (κ3) is 6.74. The van der Waals surface area contributed by atoms with Gasteiger partial charge in [-0.3, -0.25) is 13.9 Å². The van der Waals surface area contributed by atoms with Crippen LogP contribution in [0.2, 0.25) is 0 Å². The van der Waals surface area contributed by atoms with Crippen molar-refractivity contribution in [3.05, 3.63) is 65.7 Å². The van der Waals surface area contributed by atoms with Crippen LogP contribution in [-0.2, 0) is 26.0 Å². The van der Waals surface area contributed by atoms with E-state index in [0.717, 1.165) is 24.0 Å². The van der Waals surface area contributed by atoms with E-state index in [1.807, 2.05) is 30.3 Å². The van der Waals surface area contributed by atoms with E-state index in [1.54, 1.807) is 13.8 Å². The maximum atomic E-state index is 13.7. The van der Waals surface area contributed by atoms with Crippen molar-refractivity contribution in [2.75, 3.05) is 30.2 Å². The van der Waals surface area contributed by atoms with Crippen molar-refractivity contribution in [3.63, 3.8) is 0 Å². The van der Waals surface area contributed by atoms with Crippen molar-refractivity contribution < 1.29 is 26.8 Å². The molecule has 0 fully saturated rings. The van der Waals surface area contributed by atoms with Crippen LogP contribution in [0.5, 0.6) is 0 Å². The second-order valence-corrected chi connectivity index (χ2v) is 9.17. The summed E-state index contributed by atoms with van der Waals surface area (Å²) in [6, 6.07) is 11.0. The summed E-state index contributed by atoms with van der Waals surface area (Å²) >= 11 is 0. The monoisotopic (exact) mass is 467 g/mol. The number of nitrogens with one attached hydrogen (secondary N) is 1. The molecule has 2 rings (SSSR count). The molecule has 0 unspecified atom stereocenters. The topological polar surface area (TPSA) is 86.8 Å². The molecule has 0 saturated heterocycles. The predicted molar refractivity (Wildman–Crippen MR) is 119 cm³/mol. The highest BCUT2D eigenvalue weighted by Crippen LogP contribution is 2.21. The van der Waals surface area contributed by atoms with Crippen LogP contribution in [0.3, 0.4) is 0 Å². The zero-order valence-electron chi connectivity index (χ0n) is 18.2. The van der Waals surface area contributed by atoms with E-state index in [0.29, 0.717) is 23.3 Å². The van der Waals surface area contributed by atoms with Crippen LogP contribution in [0, 0.1) is 11.6 Å². The molecule has 0 heterocycles. The molecule has 10 heteroatoms. The minimum atomic E-state index is -4.00. The summed E-state index contributed by atoms with van der Waals surface area (Å²) < 4.78 is 52.4. The molecule has 0 saturated carbocycles. The number of benzene rings is 2. The first-order chi connectivity index (χ1) is 15.0. The average molecular weight is 468 g/mol. The highest BCUT2D eigenvalue weighted by Gasteiger charge is 2.29. The Bertz CT molecular complexity index is 1050. The van der Waals surface area contributed by atoms with Crippen molar-refractivity contribution in [3.8, 4) is 0 Å². The number of amides is 2. The summed E-state index contributed by atoms with van der Waals surface area (Å²) in [5, 5.41) is 2.65. The Balaban J connectivity index is 2.31. The van der Waals surface area contributed by atoms with E-state index < -0.39 is 40.2 Å². The van der Waals surface area contributed by atoms with Gasteiger partial charge in [0.25, 0.3) is 0 Å². The van der Waals surface area contributed by atoms with Crippen LogP contribution < -0.4 is 9.62 Å².